The minimum atomic E-state index is -0.160. The summed E-state index contributed by atoms with van der Waals surface area (Å²) in [4.78, 5) is 24.4. The van der Waals surface area contributed by atoms with Crippen LogP contribution in [0.25, 0.3) is 10.9 Å². The van der Waals surface area contributed by atoms with Crippen LogP contribution >= 0.6 is 0 Å². The molecule has 0 saturated heterocycles. The fraction of sp³-hybridized carbons (Fsp3) is 0.333. The van der Waals surface area contributed by atoms with E-state index in [1.54, 1.807) is 18.2 Å². The third-order valence-corrected chi connectivity index (χ3v) is 4.78. The van der Waals surface area contributed by atoms with Crippen LogP contribution in [-0.2, 0) is 0 Å². The molecule has 7 N–H and O–H groups in total. The highest BCUT2D eigenvalue weighted by atomic mass is 16.1. The second-order valence-corrected chi connectivity index (χ2v) is 7.02. The summed E-state index contributed by atoms with van der Waals surface area (Å²) in [7, 11) is 0. The number of nitrogens with one attached hydrogen (secondary N) is 5. The van der Waals surface area contributed by atoms with E-state index in [2.05, 4.69) is 48.2 Å². The summed E-state index contributed by atoms with van der Waals surface area (Å²) < 4.78 is 0. The van der Waals surface area contributed by atoms with Gasteiger partial charge in [0, 0.05) is 11.7 Å². The third-order valence-electron chi connectivity index (χ3n) is 4.78. The standard InChI is InChI=1S/C18H23N9O/c1-9(11-3-4-11)24-25-10(2)22-16-15(19)17(21-8-20-16)23-12-5-6-13-14(7-12)26-27-18(13)28/h5-9,11,24H,3-4,19H2,1-2H3,(H2,26,27,28)(H2,20,21,22,23,25). The van der Waals surface area contributed by atoms with Gasteiger partial charge in [-0.1, -0.05) is 0 Å². The molecule has 0 bridgehead atoms. The summed E-state index contributed by atoms with van der Waals surface area (Å²) in [5, 5.41) is 9.10. The lowest BCUT2D eigenvalue weighted by atomic mass is 10.2. The minimum Gasteiger partial charge on any atom is -0.393 e. The second kappa shape index (κ2) is 7.31. The van der Waals surface area contributed by atoms with Gasteiger partial charge in [-0.3, -0.25) is 15.0 Å². The Morgan fingerprint density at radius 1 is 1.32 bits per heavy atom. The molecular weight excluding hydrogens is 358 g/mol. The molecule has 0 amide bonds. The Labute approximate surface area is 161 Å². The largest absolute Gasteiger partial charge is 0.393 e. The lowest BCUT2D eigenvalue weighted by Crippen LogP contribution is -2.42. The average molecular weight is 381 g/mol. The van der Waals surface area contributed by atoms with Gasteiger partial charge in [-0.2, -0.15) is 0 Å². The van der Waals surface area contributed by atoms with Crippen LogP contribution in [0.4, 0.5) is 23.0 Å². The van der Waals surface area contributed by atoms with Crippen molar-refractivity contribution in [3.8, 4) is 0 Å². The van der Waals surface area contributed by atoms with Gasteiger partial charge in [-0.05, 0) is 50.8 Å². The van der Waals surface area contributed by atoms with Gasteiger partial charge in [-0.15, -0.1) is 0 Å². The maximum atomic E-state index is 11.6. The van der Waals surface area contributed by atoms with Crippen molar-refractivity contribution in [3.05, 3.63) is 34.9 Å². The van der Waals surface area contributed by atoms with E-state index in [0.29, 0.717) is 40.1 Å². The van der Waals surface area contributed by atoms with Gasteiger partial charge in [0.25, 0.3) is 5.56 Å². The van der Waals surface area contributed by atoms with Gasteiger partial charge in [0.15, 0.2) is 11.6 Å². The van der Waals surface area contributed by atoms with Crippen molar-refractivity contribution in [1.29, 1.82) is 0 Å². The summed E-state index contributed by atoms with van der Waals surface area (Å²) in [5.41, 5.74) is 14.1. The molecule has 2 aromatic heterocycles. The van der Waals surface area contributed by atoms with Crippen LogP contribution in [0, 0.1) is 5.92 Å². The molecule has 1 aromatic carbocycles. The normalized spacial score (nSPS) is 15.6. The predicted molar refractivity (Wildman–Crippen MR) is 110 cm³/mol. The van der Waals surface area contributed by atoms with Gasteiger partial charge in [0.05, 0.1) is 10.9 Å². The number of hydrogen-bond acceptors (Lipinski definition) is 7. The van der Waals surface area contributed by atoms with E-state index in [4.69, 9.17) is 5.73 Å². The van der Waals surface area contributed by atoms with Gasteiger partial charge < -0.3 is 16.5 Å². The molecule has 2 heterocycles. The van der Waals surface area contributed by atoms with Gasteiger partial charge in [0.2, 0.25) is 0 Å². The predicted octanol–water partition coefficient (Wildman–Crippen LogP) is 1.91. The number of aliphatic imine (C=N–C) groups is 1. The number of benzene rings is 1. The zero-order valence-corrected chi connectivity index (χ0v) is 15.7. The topological polar surface area (TPSA) is 149 Å². The quantitative estimate of drug-likeness (QED) is 0.217. The fourth-order valence-electron chi connectivity index (χ4n) is 2.95. The summed E-state index contributed by atoms with van der Waals surface area (Å²) in [5.74, 6) is 2.21. The van der Waals surface area contributed by atoms with Crippen molar-refractivity contribution in [2.24, 2.45) is 10.9 Å². The van der Waals surface area contributed by atoms with E-state index in [9.17, 15) is 4.79 Å². The third kappa shape index (κ3) is 3.81. The first-order valence-electron chi connectivity index (χ1n) is 9.16. The molecule has 1 aliphatic carbocycles. The Morgan fingerprint density at radius 2 is 2.14 bits per heavy atom. The van der Waals surface area contributed by atoms with Crippen LogP contribution in [-0.4, -0.2) is 32.0 Å². The molecule has 10 heteroatoms. The molecule has 1 unspecified atom stereocenters. The first-order valence-corrected chi connectivity index (χ1v) is 9.16. The number of H-pyrrole nitrogens is 2. The molecule has 1 saturated carbocycles. The Morgan fingerprint density at radius 3 is 2.93 bits per heavy atom. The van der Waals surface area contributed by atoms with E-state index < -0.39 is 0 Å². The maximum absolute atomic E-state index is 11.6. The van der Waals surface area contributed by atoms with Crippen molar-refractivity contribution >= 4 is 39.7 Å². The van der Waals surface area contributed by atoms with Crippen LogP contribution in [0.1, 0.15) is 26.7 Å². The lowest BCUT2D eigenvalue weighted by Gasteiger charge is -2.14. The monoisotopic (exact) mass is 381 g/mol. The highest BCUT2D eigenvalue weighted by Crippen LogP contribution is 2.32. The molecule has 0 spiro atoms. The molecule has 0 radical (unpaired) electrons. The molecule has 146 valence electrons. The molecule has 3 aromatic rings. The number of nitrogens with two attached hydrogens (primary N) is 1. The van der Waals surface area contributed by atoms with Crippen molar-refractivity contribution < 1.29 is 0 Å². The summed E-state index contributed by atoms with van der Waals surface area (Å²) >= 11 is 0. The summed E-state index contributed by atoms with van der Waals surface area (Å²) in [6, 6.07) is 5.70. The number of amidine groups is 1. The molecule has 1 atom stereocenters. The zero-order chi connectivity index (χ0) is 19.7. The lowest BCUT2D eigenvalue weighted by molar-refractivity contribution is 0.473. The van der Waals surface area contributed by atoms with E-state index in [1.165, 1.54) is 19.2 Å². The van der Waals surface area contributed by atoms with Gasteiger partial charge in [0.1, 0.15) is 17.9 Å². The maximum Gasteiger partial charge on any atom is 0.271 e. The number of hydrazine groups is 1. The average Bonchev–Trinajstić information content (AvgIpc) is 3.47. The van der Waals surface area contributed by atoms with Crippen LogP contribution < -0.4 is 27.5 Å². The van der Waals surface area contributed by atoms with E-state index in [1.807, 2.05) is 6.92 Å². The zero-order valence-electron chi connectivity index (χ0n) is 15.7. The minimum absolute atomic E-state index is 0.160. The first-order chi connectivity index (χ1) is 13.5. The van der Waals surface area contributed by atoms with E-state index in [-0.39, 0.29) is 5.56 Å². The number of fused-ring (bicyclic) bond motifs is 1. The molecule has 10 nitrogen and oxygen atoms in total. The molecular formula is C18H23N9O. The van der Waals surface area contributed by atoms with Gasteiger partial charge in [-0.25, -0.2) is 20.4 Å². The highest BCUT2D eigenvalue weighted by Gasteiger charge is 2.27. The highest BCUT2D eigenvalue weighted by molar-refractivity contribution is 5.87. The molecule has 4 rings (SSSR count). The van der Waals surface area contributed by atoms with Crippen molar-refractivity contribution in [2.45, 2.75) is 32.7 Å². The number of nitrogens with zero attached hydrogens (tertiary/aromatic N) is 3. The number of nitrogen functional groups attached to an aromatic ring is 1. The molecule has 0 aliphatic heterocycles. The van der Waals surface area contributed by atoms with Crippen LogP contribution in [0.15, 0.2) is 34.3 Å². The van der Waals surface area contributed by atoms with E-state index in [0.717, 1.165) is 11.6 Å². The van der Waals surface area contributed by atoms with Crippen molar-refractivity contribution in [1.82, 2.24) is 31.0 Å². The number of rotatable bonds is 6. The SMILES string of the molecule is CC(=Nc1ncnc(Nc2ccc3c(=O)[nH][nH]c3c2)c1N)NNC(C)C1CC1. The Kier molecular flexibility index (Phi) is 4.70. The Balaban J connectivity index is 1.50. The Bertz CT molecular complexity index is 1080. The fourth-order valence-corrected chi connectivity index (χ4v) is 2.95. The van der Waals surface area contributed by atoms with Crippen LogP contribution in [0.3, 0.4) is 0 Å². The number of anilines is 3. The Hall–Kier alpha value is -3.40. The molecule has 28 heavy (non-hydrogen) atoms. The number of hydrogen-bond donors (Lipinski definition) is 6. The van der Waals surface area contributed by atoms with E-state index >= 15 is 0 Å². The van der Waals surface area contributed by atoms with Gasteiger partial charge >= 0.3 is 0 Å². The summed E-state index contributed by atoms with van der Waals surface area (Å²) in [6.45, 7) is 3.99. The number of aromatic nitrogens is 4. The van der Waals surface area contributed by atoms with Crippen molar-refractivity contribution in [3.63, 3.8) is 0 Å². The van der Waals surface area contributed by atoms with Crippen molar-refractivity contribution in [2.75, 3.05) is 11.1 Å². The van der Waals surface area contributed by atoms with Crippen LogP contribution in [0.5, 0.6) is 0 Å². The summed E-state index contributed by atoms with van der Waals surface area (Å²) in [6.07, 6.45) is 3.94. The smallest absolute Gasteiger partial charge is 0.271 e. The number of aromatic amines is 2. The first kappa shape index (κ1) is 18.0. The molecule has 1 fully saturated rings. The van der Waals surface area contributed by atoms with Crippen LogP contribution in [0.2, 0.25) is 0 Å². The molecule has 1 aliphatic rings. The second-order valence-electron chi connectivity index (χ2n) is 7.02.